The maximum absolute atomic E-state index is 13.7. The molecule has 2 atom stereocenters. The van der Waals surface area contributed by atoms with Gasteiger partial charge < -0.3 is 25.3 Å². The molecule has 0 bridgehead atoms. The van der Waals surface area contributed by atoms with Crippen molar-refractivity contribution in [3.05, 3.63) is 41.6 Å². The van der Waals surface area contributed by atoms with E-state index in [-0.39, 0.29) is 23.6 Å². The normalized spacial score (nSPS) is 20.5. The molecule has 200 valence electrons. The number of carbonyl (C=O) groups excluding carboxylic acids is 2. The van der Waals surface area contributed by atoms with E-state index in [1.54, 1.807) is 43.3 Å². The molecule has 0 radical (unpaired) electrons. The van der Waals surface area contributed by atoms with Gasteiger partial charge in [0.05, 0.1) is 5.92 Å². The lowest BCUT2D eigenvalue weighted by molar-refractivity contribution is -0.137. The molecule has 1 aromatic heterocycles. The van der Waals surface area contributed by atoms with E-state index >= 15 is 0 Å². The number of halogens is 3. The molecule has 1 saturated heterocycles. The predicted octanol–water partition coefficient (Wildman–Crippen LogP) is 3.30. The molecule has 1 saturated carbocycles. The molecule has 2 heterocycles. The molecule has 37 heavy (non-hydrogen) atoms. The summed E-state index contributed by atoms with van der Waals surface area (Å²) in [5.41, 5.74) is 0.0694. The maximum atomic E-state index is 13.7. The van der Waals surface area contributed by atoms with Crippen LogP contribution in [0.1, 0.15) is 35.2 Å². The summed E-state index contributed by atoms with van der Waals surface area (Å²) in [4.78, 5) is 38.7. The van der Waals surface area contributed by atoms with Crippen LogP contribution in [0.2, 0.25) is 0 Å². The number of carbonyl (C=O) groups is 2. The van der Waals surface area contributed by atoms with Gasteiger partial charge in [0.2, 0.25) is 11.9 Å². The highest BCUT2D eigenvalue weighted by molar-refractivity contribution is 5.94. The minimum absolute atomic E-state index is 0.0258. The molecule has 9 nitrogen and oxygen atoms in total. The van der Waals surface area contributed by atoms with Gasteiger partial charge in [-0.05, 0) is 44.2 Å². The Kier molecular flexibility index (Phi) is 7.86. The average molecular weight is 520 g/mol. The lowest BCUT2D eigenvalue weighted by Gasteiger charge is -2.32. The van der Waals surface area contributed by atoms with Crippen molar-refractivity contribution in [3.63, 3.8) is 0 Å². The lowest BCUT2D eigenvalue weighted by atomic mass is 10.0. The number of hydrogen-bond donors (Lipinski definition) is 2. The Labute approximate surface area is 214 Å². The predicted molar refractivity (Wildman–Crippen MR) is 134 cm³/mol. The van der Waals surface area contributed by atoms with Gasteiger partial charge in [-0.25, -0.2) is 4.98 Å². The second-order valence-corrected chi connectivity index (χ2v) is 9.77. The Morgan fingerprint density at radius 2 is 1.73 bits per heavy atom. The van der Waals surface area contributed by atoms with Crippen LogP contribution in [-0.2, 0) is 11.0 Å². The van der Waals surface area contributed by atoms with Crippen LogP contribution in [0.3, 0.4) is 0 Å². The first-order valence-electron chi connectivity index (χ1n) is 12.3. The zero-order valence-corrected chi connectivity index (χ0v) is 21.2. The van der Waals surface area contributed by atoms with Crippen molar-refractivity contribution < 1.29 is 22.8 Å². The summed E-state index contributed by atoms with van der Waals surface area (Å²) in [5, 5.41) is 5.79. The first-order chi connectivity index (χ1) is 17.5. The molecule has 2 aromatic rings. The summed E-state index contributed by atoms with van der Waals surface area (Å²) >= 11 is 0. The largest absolute Gasteiger partial charge is 0.421 e. The highest BCUT2D eigenvalue weighted by Gasteiger charge is 2.39. The average Bonchev–Trinajstić information content (AvgIpc) is 3.31. The summed E-state index contributed by atoms with van der Waals surface area (Å²) < 4.78 is 41.1. The van der Waals surface area contributed by atoms with Crippen molar-refractivity contribution in [2.75, 3.05) is 58.0 Å². The summed E-state index contributed by atoms with van der Waals surface area (Å²) in [5.74, 6) is -0.997. The fourth-order valence-corrected chi connectivity index (χ4v) is 4.71. The van der Waals surface area contributed by atoms with Crippen LogP contribution in [-0.4, -0.2) is 89.8 Å². The van der Waals surface area contributed by atoms with E-state index in [4.69, 9.17) is 0 Å². The maximum Gasteiger partial charge on any atom is 0.421 e. The number of likely N-dealkylation sites (N-methyl/N-ethyl adjacent to an activating group) is 1. The summed E-state index contributed by atoms with van der Waals surface area (Å²) in [6.07, 6.45) is -2.02. The molecule has 0 spiro atoms. The summed E-state index contributed by atoms with van der Waals surface area (Å²) in [7, 11) is 5.28. The fourth-order valence-electron chi connectivity index (χ4n) is 4.71. The van der Waals surface area contributed by atoms with E-state index in [1.165, 1.54) is 4.90 Å². The van der Waals surface area contributed by atoms with E-state index in [1.807, 2.05) is 7.05 Å². The number of nitrogens with one attached hydrogen (secondary N) is 2. The molecule has 1 aromatic carbocycles. The molecule has 2 N–H and O–H groups in total. The van der Waals surface area contributed by atoms with Crippen LogP contribution in [0.4, 0.5) is 30.6 Å². The Balaban J connectivity index is 1.50. The molecule has 2 aliphatic rings. The first-order valence-corrected chi connectivity index (χ1v) is 12.3. The number of benzene rings is 1. The number of alkyl halides is 3. The van der Waals surface area contributed by atoms with Crippen LogP contribution in [0.25, 0.3) is 0 Å². The summed E-state index contributed by atoms with van der Waals surface area (Å²) in [6, 6.07) is 6.21. The number of hydrogen-bond acceptors (Lipinski definition) is 7. The number of aromatic nitrogens is 2. The van der Waals surface area contributed by atoms with Gasteiger partial charge in [0, 0.05) is 63.8 Å². The van der Waals surface area contributed by atoms with Gasteiger partial charge in [-0.15, -0.1) is 0 Å². The summed E-state index contributed by atoms with van der Waals surface area (Å²) in [6.45, 7) is 2.95. The molecule has 1 aliphatic heterocycles. The number of anilines is 3. The van der Waals surface area contributed by atoms with Crippen LogP contribution in [0, 0.1) is 5.92 Å². The van der Waals surface area contributed by atoms with E-state index in [9.17, 15) is 22.8 Å². The van der Waals surface area contributed by atoms with Gasteiger partial charge in [0.25, 0.3) is 5.91 Å². The second-order valence-electron chi connectivity index (χ2n) is 9.77. The molecule has 12 heteroatoms. The van der Waals surface area contributed by atoms with Gasteiger partial charge >= 0.3 is 6.18 Å². The van der Waals surface area contributed by atoms with Gasteiger partial charge in [-0.3, -0.25) is 9.59 Å². The minimum atomic E-state index is -4.66. The number of piperazine rings is 1. The Morgan fingerprint density at radius 1 is 1.05 bits per heavy atom. The number of amides is 2. The van der Waals surface area contributed by atoms with Gasteiger partial charge in [0.1, 0.15) is 11.4 Å². The third-order valence-corrected chi connectivity index (χ3v) is 6.87. The first kappa shape index (κ1) is 26.6. The lowest BCUT2D eigenvalue weighted by Crippen LogP contribution is -2.47. The zero-order chi connectivity index (χ0) is 26.7. The number of nitrogens with zero attached hydrogens (tertiary/aromatic N) is 5. The van der Waals surface area contributed by atoms with Crippen molar-refractivity contribution in [2.24, 2.45) is 5.92 Å². The zero-order valence-electron chi connectivity index (χ0n) is 21.2. The molecule has 1 aliphatic carbocycles. The third-order valence-electron chi connectivity index (χ3n) is 6.87. The number of rotatable bonds is 6. The highest BCUT2D eigenvalue weighted by atomic mass is 19.4. The standard InChI is InChI=1S/C25H32F3N7O2/c1-33(2)23(37)18-5-4-6-20(18)31-21-19(25(26,27)28)15-29-24(32-21)30-17-9-7-16(8-10-17)22(36)35-13-11-34(3)12-14-35/h7-10,15,18,20H,4-6,11-14H2,1-3H3,(H2,29,30,31,32)/t18-,20+/m0/s1. The van der Waals surface area contributed by atoms with E-state index in [2.05, 4.69) is 25.5 Å². The molecule has 2 amide bonds. The van der Waals surface area contributed by atoms with E-state index in [0.717, 1.165) is 25.7 Å². The molecular formula is C25H32F3N7O2. The third kappa shape index (κ3) is 6.30. The molecular weight excluding hydrogens is 487 g/mol. The highest BCUT2D eigenvalue weighted by Crippen LogP contribution is 2.37. The van der Waals surface area contributed by atoms with Crippen LogP contribution in [0.5, 0.6) is 0 Å². The van der Waals surface area contributed by atoms with Crippen LogP contribution >= 0.6 is 0 Å². The van der Waals surface area contributed by atoms with Crippen LogP contribution in [0.15, 0.2) is 30.5 Å². The quantitative estimate of drug-likeness (QED) is 0.605. The molecule has 2 fully saturated rings. The Hall–Kier alpha value is -3.41. The smallest absolute Gasteiger partial charge is 0.366 e. The fraction of sp³-hybridized carbons (Fsp3) is 0.520. The van der Waals surface area contributed by atoms with E-state index in [0.29, 0.717) is 37.2 Å². The van der Waals surface area contributed by atoms with Gasteiger partial charge in [-0.1, -0.05) is 6.42 Å². The van der Waals surface area contributed by atoms with Crippen molar-refractivity contribution in [1.82, 2.24) is 24.7 Å². The van der Waals surface area contributed by atoms with Crippen molar-refractivity contribution in [3.8, 4) is 0 Å². The minimum Gasteiger partial charge on any atom is -0.366 e. The monoisotopic (exact) mass is 519 g/mol. The van der Waals surface area contributed by atoms with Crippen LogP contribution < -0.4 is 10.6 Å². The Morgan fingerprint density at radius 3 is 2.35 bits per heavy atom. The van der Waals surface area contributed by atoms with Crippen molar-refractivity contribution in [2.45, 2.75) is 31.5 Å². The second kappa shape index (κ2) is 10.9. The Bertz CT molecular complexity index is 1120. The molecule has 4 rings (SSSR count). The van der Waals surface area contributed by atoms with Gasteiger partial charge in [-0.2, -0.15) is 18.2 Å². The van der Waals surface area contributed by atoms with Crippen molar-refractivity contribution in [1.29, 1.82) is 0 Å². The van der Waals surface area contributed by atoms with Gasteiger partial charge in [0.15, 0.2) is 0 Å². The topological polar surface area (TPSA) is 93.7 Å². The van der Waals surface area contributed by atoms with Crippen molar-refractivity contribution >= 4 is 29.3 Å². The SMILES string of the molecule is CN1CCN(C(=O)c2ccc(Nc3ncc(C(F)(F)F)c(N[C@@H]4CCC[C@@H]4C(=O)N(C)C)n3)cc2)CC1. The molecule has 0 unspecified atom stereocenters. The van der Waals surface area contributed by atoms with E-state index < -0.39 is 23.7 Å².